The molecule has 0 saturated heterocycles. The highest BCUT2D eigenvalue weighted by Crippen LogP contribution is 2.32. The van der Waals surface area contributed by atoms with E-state index in [1.54, 1.807) is 0 Å². The molecule has 1 unspecified atom stereocenters. The van der Waals surface area contributed by atoms with Gasteiger partial charge in [0, 0.05) is 6.54 Å². The minimum atomic E-state index is -0.0393. The summed E-state index contributed by atoms with van der Waals surface area (Å²) in [6.07, 6.45) is -0.0393. The van der Waals surface area contributed by atoms with E-state index in [-0.39, 0.29) is 6.10 Å². The van der Waals surface area contributed by atoms with Crippen LogP contribution in [0.3, 0.4) is 0 Å². The van der Waals surface area contributed by atoms with Crippen LogP contribution in [-0.2, 0) is 0 Å². The van der Waals surface area contributed by atoms with Crippen molar-refractivity contribution < 1.29 is 4.74 Å². The molecule has 1 aromatic carbocycles. The Hall–Kier alpha value is -1.62. The molecule has 1 N–H and O–H groups in total. The standard InChI is InChI=1S/C10H13N3O2/c1-11-6-8-7-13(12-14)9-4-2-3-5-10(9)15-8/h2-5,8,11H,6-7H2,1H3. The van der Waals surface area contributed by atoms with Crippen LogP contribution in [0, 0.1) is 4.91 Å². The third-order valence-electron chi connectivity index (χ3n) is 2.34. The molecule has 0 radical (unpaired) electrons. The maximum absolute atomic E-state index is 10.7. The molecule has 1 aliphatic heterocycles. The fourth-order valence-corrected chi connectivity index (χ4v) is 1.69. The topological polar surface area (TPSA) is 53.9 Å². The first-order valence-corrected chi connectivity index (χ1v) is 4.86. The van der Waals surface area contributed by atoms with E-state index < -0.39 is 0 Å². The van der Waals surface area contributed by atoms with Gasteiger partial charge in [0.05, 0.1) is 11.8 Å². The quantitative estimate of drug-likeness (QED) is 0.755. The fraction of sp³-hybridized carbons (Fsp3) is 0.400. The number of para-hydroxylation sites is 2. The van der Waals surface area contributed by atoms with Crippen molar-refractivity contribution in [1.82, 2.24) is 5.32 Å². The Balaban J connectivity index is 2.25. The molecular weight excluding hydrogens is 194 g/mol. The number of hydrogen-bond donors (Lipinski definition) is 1. The zero-order chi connectivity index (χ0) is 10.7. The van der Waals surface area contributed by atoms with Gasteiger partial charge in [-0.3, -0.25) is 0 Å². The molecule has 5 nitrogen and oxygen atoms in total. The normalized spacial score (nSPS) is 19.3. The first-order chi connectivity index (χ1) is 7.35. The molecule has 1 aromatic rings. The summed E-state index contributed by atoms with van der Waals surface area (Å²) in [6.45, 7) is 1.18. The molecule has 1 heterocycles. The van der Waals surface area contributed by atoms with Crippen LogP contribution in [0.1, 0.15) is 0 Å². The molecule has 0 spiro atoms. The molecule has 5 heteroatoms. The molecular formula is C10H13N3O2. The highest BCUT2D eigenvalue weighted by molar-refractivity contribution is 5.59. The van der Waals surface area contributed by atoms with Crippen LogP contribution in [0.2, 0.25) is 0 Å². The lowest BCUT2D eigenvalue weighted by molar-refractivity contribution is 0.193. The second-order valence-electron chi connectivity index (χ2n) is 3.43. The van der Waals surface area contributed by atoms with Gasteiger partial charge in [0.2, 0.25) is 0 Å². The van der Waals surface area contributed by atoms with E-state index in [0.29, 0.717) is 18.8 Å². The Kier molecular flexibility index (Phi) is 2.82. The monoisotopic (exact) mass is 207 g/mol. The summed E-state index contributed by atoms with van der Waals surface area (Å²) in [5.74, 6) is 0.712. The van der Waals surface area contributed by atoms with Crippen molar-refractivity contribution in [3.8, 4) is 5.75 Å². The molecule has 80 valence electrons. The molecule has 0 saturated carbocycles. The lowest BCUT2D eigenvalue weighted by Gasteiger charge is -2.30. The number of benzene rings is 1. The first kappa shape index (κ1) is 9.92. The van der Waals surface area contributed by atoms with Gasteiger partial charge >= 0.3 is 0 Å². The van der Waals surface area contributed by atoms with Crippen molar-refractivity contribution in [1.29, 1.82) is 0 Å². The summed E-state index contributed by atoms with van der Waals surface area (Å²) in [5, 5.41) is 7.45. The Morgan fingerprint density at radius 2 is 2.40 bits per heavy atom. The van der Waals surface area contributed by atoms with E-state index in [2.05, 4.69) is 10.6 Å². The van der Waals surface area contributed by atoms with Crippen molar-refractivity contribution in [3.63, 3.8) is 0 Å². The van der Waals surface area contributed by atoms with Crippen molar-refractivity contribution in [2.75, 3.05) is 25.1 Å². The SMILES string of the molecule is CNCC1CN(N=O)c2ccccc2O1. The van der Waals surface area contributed by atoms with Gasteiger partial charge in [-0.2, -0.15) is 0 Å². The zero-order valence-electron chi connectivity index (χ0n) is 8.51. The number of anilines is 1. The second-order valence-corrected chi connectivity index (χ2v) is 3.43. The number of likely N-dealkylation sites (N-methyl/N-ethyl adjacent to an activating group) is 1. The van der Waals surface area contributed by atoms with Crippen LogP contribution in [0.4, 0.5) is 5.69 Å². The lowest BCUT2D eigenvalue weighted by Crippen LogP contribution is -2.42. The van der Waals surface area contributed by atoms with E-state index in [9.17, 15) is 4.91 Å². The van der Waals surface area contributed by atoms with Crippen molar-refractivity contribution in [2.24, 2.45) is 5.29 Å². The largest absolute Gasteiger partial charge is 0.485 e. The van der Waals surface area contributed by atoms with Gasteiger partial charge in [0.15, 0.2) is 0 Å². The molecule has 1 aliphatic rings. The molecule has 1 atom stereocenters. The van der Waals surface area contributed by atoms with Gasteiger partial charge in [-0.05, 0) is 19.2 Å². The molecule has 0 aromatic heterocycles. The van der Waals surface area contributed by atoms with Crippen LogP contribution >= 0.6 is 0 Å². The minimum absolute atomic E-state index is 0.0393. The van der Waals surface area contributed by atoms with Crippen molar-refractivity contribution in [2.45, 2.75) is 6.10 Å². The number of ether oxygens (including phenoxy) is 1. The molecule has 15 heavy (non-hydrogen) atoms. The highest BCUT2D eigenvalue weighted by atomic mass is 16.5. The van der Waals surface area contributed by atoms with Crippen LogP contribution in [0.5, 0.6) is 5.75 Å². The van der Waals surface area contributed by atoms with E-state index in [4.69, 9.17) is 4.74 Å². The number of nitrogens with zero attached hydrogens (tertiary/aromatic N) is 2. The molecule has 2 rings (SSSR count). The maximum Gasteiger partial charge on any atom is 0.145 e. The molecule has 0 aliphatic carbocycles. The summed E-state index contributed by atoms with van der Waals surface area (Å²) in [4.78, 5) is 10.7. The lowest BCUT2D eigenvalue weighted by atomic mass is 10.2. The summed E-state index contributed by atoms with van der Waals surface area (Å²) in [6, 6.07) is 7.41. The van der Waals surface area contributed by atoms with Crippen molar-refractivity contribution in [3.05, 3.63) is 29.2 Å². The summed E-state index contributed by atoms with van der Waals surface area (Å²) < 4.78 is 5.70. The fourth-order valence-electron chi connectivity index (χ4n) is 1.69. The summed E-state index contributed by atoms with van der Waals surface area (Å²) >= 11 is 0. The van der Waals surface area contributed by atoms with Crippen molar-refractivity contribution >= 4 is 5.69 Å². The predicted molar refractivity (Wildman–Crippen MR) is 57.9 cm³/mol. The predicted octanol–water partition coefficient (Wildman–Crippen LogP) is 1.15. The van der Waals surface area contributed by atoms with E-state index in [1.165, 1.54) is 5.01 Å². The average Bonchev–Trinajstić information content (AvgIpc) is 2.28. The number of fused-ring (bicyclic) bond motifs is 1. The number of nitroso groups, excluding NO2 is 1. The van der Waals surface area contributed by atoms with Gasteiger partial charge in [-0.1, -0.05) is 12.1 Å². The van der Waals surface area contributed by atoms with E-state index >= 15 is 0 Å². The van der Waals surface area contributed by atoms with E-state index in [0.717, 1.165) is 5.69 Å². The molecule has 0 fully saturated rings. The highest BCUT2D eigenvalue weighted by Gasteiger charge is 2.25. The smallest absolute Gasteiger partial charge is 0.145 e. The Bertz CT molecular complexity index is 356. The molecule has 0 amide bonds. The number of hydrogen-bond acceptors (Lipinski definition) is 4. The Morgan fingerprint density at radius 3 is 3.13 bits per heavy atom. The summed E-state index contributed by atoms with van der Waals surface area (Å²) in [7, 11) is 1.85. The third kappa shape index (κ3) is 1.92. The average molecular weight is 207 g/mol. The van der Waals surface area contributed by atoms with Gasteiger partial charge in [-0.15, -0.1) is 4.91 Å². The number of nitrogens with one attached hydrogen (secondary N) is 1. The van der Waals surface area contributed by atoms with Crippen LogP contribution in [0.15, 0.2) is 29.6 Å². The summed E-state index contributed by atoms with van der Waals surface area (Å²) in [5.41, 5.74) is 0.736. The molecule has 0 bridgehead atoms. The third-order valence-corrected chi connectivity index (χ3v) is 2.34. The van der Waals surface area contributed by atoms with Gasteiger partial charge in [0.1, 0.15) is 17.5 Å². The van der Waals surface area contributed by atoms with Crippen LogP contribution in [0.25, 0.3) is 0 Å². The minimum Gasteiger partial charge on any atom is -0.485 e. The Labute approximate surface area is 88.0 Å². The second kappa shape index (κ2) is 4.27. The maximum atomic E-state index is 10.7. The Morgan fingerprint density at radius 1 is 1.60 bits per heavy atom. The van der Waals surface area contributed by atoms with Gasteiger partial charge < -0.3 is 10.1 Å². The van der Waals surface area contributed by atoms with Crippen LogP contribution < -0.4 is 15.1 Å². The first-order valence-electron chi connectivity index (χ1n) is 4.86. The number of rotatable bonds is 3. The zero-order valence-corrected chi connectivity index (χ0v) is 8.51. The van der Waals surface area contributed by atoms with E-state index in [1.807, 2.05) is 31.3 Å². The van der Waals surface area contributed by atoms with Gasteiger partial charge in [0.25, 0.3) is 0 Å². The van der Waals surface area contributed by atoms with Gasteiger partial charge in [-0.25, -0.2) is 5.01 Å². The van der Waals surface area contributed by atoms with Crippen LogP contribution in [-0.4, -0.2) is 26.2 Å².